The van der Waals surface area contributed by atoms with E-state index in [2.05, 4.69) is 20.4 Å². The number of aromatic nitrogens is 5. The van der Waals surface area contributed by atoms with Gasteiger partial charge in [-0.15, -0.1) is 0 Å². The van der Waals surface area contributed by atoms with Gasteiger partial charge in [-0.05, 0) is 42.8 Å². The minimum absolute atomic E-state index is 0.158. The summed E-state index contributed by atoms with van der Waals surface area (Å²) in [5.74, 6) is 0.895. The van der Waals surface area contributed by atoms with Gasteiger partial charge in [-0.2, -0.15) is 5.10 Å². The van der Waals surface area contributed by atoms with Gasteiger partial charge in [0.25, 0.3) is 5.56 Å². The summed E-state index contributed by atoms with van der Waals surface area (Å²) >= 11 is 7.55. The summed E-state index contributed by atoms with van der Waals surface area (Å²) in [7, 11) is 0. The molecule has 156 valence electrons. The van der Waals surface area contributed by atoms with Gasteiger partial charge in [0.2, 0.25) is 5.91 Å². The Morgan fingerprint density at radius 2 is 2.19 bits per heavy atom. The van der Waals surface area contributed by atoms with E-state index in [0.29, 0.717) is 32.8 Å². The first-order valence-electron chi connectivity index (χ1n) is 9.61. The third kappa shape index (κ3) is 3.70. The molecular formula is C21H17ClN6O2S. The van der Waals surface area contributed by atoms with Gasteiger partial charge in [-0.1, -0.05) is 29.4 Å². The minimum atomic E-state index is -0.288. The van der Waals surface area contributed by atoms with Crippen molar-refractivity contribution in [1.82, 2.24) is 24.3 Å². The van der Waals surface area contributed by atoms with Crippen LogP contribution in [0.5, 0.6) is 0 Å². The number of pyridine rings is 1. The maximum atomic E-state index is 13.2. The Morgan fingerprint density at radius 1 is 1.32 bits per heavy atom. The number of benzene rings is 1. The summed E-state index contributed by atoms with van der Waals surface area (Å²) in [5.41, 5.74) is 2.00. The summed E-state index contributed by atoms with van der Waals surface area (Å²) in [6.45, 7) is 1.93. The van der Waals surface area contributed by atoms with E-state index in [0.717, 1.165) is 11.3 Å². The van der Waals surface area contributed by atoms with Crippen LogP contribution in [-0.4, -0.2) is 36.0 Å². The molecule has 0 spiro atoms. The molecule has 4 aromatic rings. The molecule has 0 radical (unpaired) electrons. The SMILES string of the molecule is Cc1ccnc(NC(=O)CC2CSc3nc4c(cnn4-c4cccc(Cl)c4)c(=O)n32)c1. The molecule has 0 bridgehead atoms. The molecule has 0 saturated heterocycles. The number of anilines is 1. The molecule has 4 heterocycles. The normalized spacial score (nSPS) is 15.2. The number of nitrogens with zero attached hydrogens (tertiary/aromatic N) is 5. The number of hydrogen-bond donors (Lipinski definition) is 1. The van der Waals surface area contributed by atoms with Gasteiger partial charge in [0.05, 0.1) is 17.9 Å². The number of carbonyl (C=O) groups excluding carboxylic acids is 1. The van der Waals surface area contributed by atoms with E-state index in [1.165, 1.54) is 18.0 Å². The molecule has 0 saturated carbocycles. The first kappa shape index (κ1) is 19.8. The lowest BCUT2D eigenvalue weighted by Gasteiger charge is -2.13. The number of aryl methyl sites for hydroxylation is 1. The van der Waals surface area contributed by atoms with Gasteiger partial charge in [0.15, 0.2) is 10.8 Å². The molecule has 1 aliphatic rings. The van der Waals surface area contributed by atoms with Crippen LogP contribution in [0.1, 0.15) is 18.0 Å². The Kier molecular flexibility index (Phi) is 4.99. The molecule has 10 heteroatoms. The molecule has 1 amide bonds. The van der Waals surface area contributed by atoms with Gasteiger partial charge in [-0.25, -0.2) is 14.6 Å². The quantitative estimate of drug-likeness (QED) is 0.475. The van der Waals surface area contributed by atoms with E-state index in [-0.39, 0.29) is 23.9 Å². The monoisotopic (exact) mass is 452 g/mol. The highest BCUT2D eigenvalue weighted by atomic mass is 35.5. The third-order valence-corrected chi connectivity index (χ3v) is 6.36. The van der Waals surface area contributed by atoms with Crippen molar-refractivity contribution in [2.45, 2.75) is 24.5 Å². The fourth-order valence-corrected chi connectivity index (χ4v) is 4.91. The topological polar surface area (TPSA) is 94.7 Å². The molecular weight excluding hydrogens is 436 g/mol. The number of rotatable bonds is 4. The lowest BCUT2D eigenvalue weighted by molar-refractivity contribution is -0.116. The van der Waals surface area contributed by atoms with E-state index in [1.54, 1.807) is 33.6 Å². The zero-order chi connectivity index (χ0) is 21.5. The number of amides is 1. The largest absolute Gasteiger partial charge is 0.311 e. The van der Waals surface area contributed by atoms with Gasteiger partial charge in [0, 0.05) is 23.4 Å². The van der Waals surface area contributed by atoms with Crippen molar-refractivity contribution >= 4 is 46.1 Å². The van der Waals surface area contributed by atoms with E-state index in [1.807, 2.05) is 25.1 Å². The number of carbonyl (C=O) groups is 1. The zero-order valence-electron chi connectivity index (χ0n) is 16.4. The number of hydrogen-bond acceptors (Lipinski definition) is 6. The fourth-order valence-electron chi connectivity index (χ4n) is 3.59. The fraction of sp³-hybridized carbons (Fsp3) is 0.190. The number of halogens is 1. The second kappa shape index (κ2) is 7.82. The van der Waals surface area contributed by atoms with Crippen LogP contribution in [0.2, 0.25) is 5.02 Å². The first-order chi connectivity index (χ1) is 15.0. The molecule has 1 aliphatic heterocycles. The predicted octanol–water partition coefficient (Wildman–Crippen LogP) is 3.61. The Hall–Kier alpha value is -3.17. The van der Waals surface area contributed by atoms with Crippen molar-refractivity contribution in [2.24, 2.45) is 0 Å². The second-order valence-electron chi connectivity index (χ2n) is 7.28. The van der Waals surface area contributed by atoms with Crippen LogP contribution in [0.25, 0.3) is 16.7 Å². The third-order valence-electron chi connectivity index (χ3n) is 5.03. The van der Waals surface area contributed by atoms with E-state index in [9.17, 15) is 9.59 Å². The van der Waals surface area contributed by atoms with Gasteiger partial charge < -0.3 is 5.32 Å². The number of nitrogens with one attached hydrogen (secondary N) is 1. The molecule has 5 rings (SSSR count). The van der Waals surface area contributed by atoms with Crippen LogP contribution >= 0.6 is 23.4 Å². The molecule has 31 heavy (non-hydrogen) atoms. The zero-order valence-corrected chi connectivity index (χ0v) is 18.0. The van der Waals surface area contributed by atoms with Crippen molar-refractivity contribution < 1.29 is 4.79 Å². The molecule has 1 N–H and O–H groups in total. The molecule has 1 unspecified atom stereocenters. The van der Waals surface area contributed by atoms with Crippen LogP contribution < -0.4 is 10.9 Å². The first-order valence-corrected chi connectivity index (χ1v) is 11.0. The molecule has 1 aromatic carbocycles. The average Bonchev–Trinajstić information content (AvgIpc) is 3.33. The average molecular weight is 453 g/mol. The Labute approximate surface area is 186 Å². The highest BCUT2D eigenvalue weighted by Gasteiger charge is 2.29. The molecule has 0 aliphatic carbocycles. The lowest BCUT2D eigenvalue weighted by Crippen LogP contribution is -2.28. The van der Waals surface area contributed by atoms with Crippen molar-refractivity contribution in [3.63, 3.8) is 0 Å². The summed E-state index contributed by atoms with van der Waals surface area (Å²) in [6.07, 6.45) is 3.31. The maximum Gasteiger partial charge on any atom is 0.265 e. The van der Waals surface area contributed by atoms with Crippen LogP contribution in [0.15, 0.2) is 58.7 Å². The van der Waals surface area contributed by atoms with E-state index >= 15 is 0 Å². The summed E-state index contributed by atoms with van der Waals surface area (Å²) in [5, 5.41) is 8.70. The standard InChI is InChI=1S/C21H17ClN6O2S/c1-12-5-6-23-17(7-12)25-18(29)9-15-11-31-21-26-19-16(20(30)27(15)21)10-24-28(19)14-4-2-3-13(22)8-14/h2-8,10,15H,9,11H2,1H3,(H,23,25,29). The predicted molar refractivity (Wildman–Crippen MR) is 120 cm³/mol. The van der Waals surface area contributed by atoms with E-state index < -0.39 is 0 Å². The van der Waals surface area contributed by atoms with Crippen LogP contribution in [0.4, 0.5) is 5.82 Å². The molecule has 3 aromatic heterocycles. The minimum Gasteiger partial charge on any atom is -0.311 e. The van der Waals surface area contributed by atoms with Crippen molar-refractivity contribution in [2.75, 3.05) is 11.1 Å². The molecule has 8 nitrogen and oxygen atoms in total. The van der Waals surface area contributed by atoms with Crippen molar-refractivity contribution in [1.29, 1.82) is 0 Å². The van der Waals surface area contributed by atoms with Gasteiger partial charge in [-0.3, -0.25) is 14.2 Å². The van der Waals surface area contributed by atoms with Crippen molar-refractivity contribution in [3.8, 4) is 5.69 Å². The highest BCUT2D eigenvalue weighted by Crippen LogP contribution is 2.33. The lowest BCUT2D eigenvalue weighted by atomic mass is 10.2. The Bertz CT molecular complexity index is 1380. The Balaban J connectivity index is 1.45. The smallest absolute Gasteiger partial charge is 0.265 e. The van der Waals surface area contributed by atoms with Gasteiger partial charge >= 0.3 is 0 Å². The van der Waals surface area contributed by atoms with E-state index in [4.69, 9.17) is 11.6 Å². The molecule has 0 fully saturated rings. The van der Waals surface area contributed by atoms with Gasteiger partial charge in [0.1, 0.15) is 11.2 Å². The van der Waals surface area contributed by atoms with Crippen LogP contribution in [0.3, 0.4) is 0 Å². The van der Waals surface area contributed by atoms with Crippen LogP contribution in [-0.2, 0) is 4.79 Å². The summed E-state index contributed by atoms with van der Waals surface area (Å²) < 4.78 is 3.20. The maximum absolute atomic E-state index is 13.2. The number of thioether (sulfide) groups is 1. The van der Waals surface area contributed by atoms with Crippen molar-refractivity contribution in [3.05, 3.63) is 69.7 Å². The molecule has 1 atom stereocenters. The number of fused-ring (bicyclic) bond motifs is 2. The highest BCUT2D eigenvalue weighted by molar-refractivity contribution is 7.99. The van der Waals surface area contributed by atoms with Crippen LogP contribution in [0, 0.1) is 6.92 Å². The Morgan fingerprint density at radius 3 is 3.00 bits per heavy atom. The summed E-state index contributed by atoms with van der Waals surface area (Å²) in [6, 6.07) is 10.6. The second-order valence-corrected chi connectivity index (χ2v) is 8.70. The summed E-state index contributed by atoms with van der Waals surface area (Å²) in [4.78, 5) is 34.6.